The predicted octanol–water partition coefficient (Wildman–Crippen LogP) is 4.26. The Bertz CT molecular complexity index is 1130. The molecule has 0 saturated carbocycles. The molecule has 1 unspecified atom stereocenters. The zero-order valence-corrected chi connectivity index (χ0v) is 18.3. The molecule has 1 atom stereocenters. The van der Waals surface area contributed by atoms with Crippen molar-refractivity contribution in [1.29, 1.82) is 0 Å². The van der Waals surface area contributed by atoms with Crippen molar-refractivity contribution in [3.8, 4) is 11.4 Å². The van der Waals surface area contributed by atoms with Crippen LogP contribution in [0, 0.1) is 0 Å². The van der Waals surface area contributed by atoms with Crippen molar-refractivity contribution in [2.24, 2.45) is 0 Å². The van der Waals surface area contributed by atoms with Crippen LogP contribution in [0.5, 0.6) is 0 Å². The molecule has 1 fully saturated rings. The maximum absolute atomic E-state index is 5.60. The van der Waals surface area contributed by atoms with Gasteiger partial charge in [-0.15, -0.1) is 11.3 Å². The van der Waals surface area contributed by atoms with Crippen LogP contribution in [0.25, 0.3) is 22.3 Å². The third-order valence-corrected chi connectivity index (χ3v) is 6.64. The number of nitrogens with zero attached hydrogens (tertiary/aromatic N) is 5. The number of para-hydroxylation sites is 1. The molecule has 7 heteroatoms. The lowest BCUT2D eigenvalue weighted by Gasteiger charge is -2.36. The maximum Gasteiger partial charge on any atom is 0.163 e. The number of benzene rings is 1. The molecule has 5 rings (SSSR count). The number of likely N-dealkylation sites (N-methyl/N-ethyl adjacent to an activating group) is 1. The molecule has 0 N–H and O–H groups in total. The first kappa shape index (κ1) is 20.1. The van der Waals surface area contributed by atoms with Crippen molar-refractivity contribution in [2.75, 3.05) is 44.8 Å². The van der Waals surface area contributed by atoms with Crippen LogP contribution in [0.2, 0.25) is 0 Å². The zero-order valence-electron chi connectivity index (χ0n) is 17.5. The molecule has 1 saturated heterocycles. The lowest BCUT2D eigenvalue weighted by Crippen LogP contribution is -2.43. The number of pyridine rings is 1. The number of thiophene rings is 1. The van der Waals surface area contributed by atoms with E-state index in [9.17, 15) is 0 Å². The van der Waals surface area contributed by atoms with Crippen LogP contribution in [0.4, 0.5) is 5.82 Å². The SMILES string of the molecule is CN(CC(c1cccs1)N1CCOCC1)c1nc(-c2cccnc2)nc2ccccc12. The normalized spacial score (nSPS) is 15.8. The number of ether oxygens (including phenoxy) is 1. The summed E-state index contributed by atoms with van der Waals surface area (Å²) in [6, 6.07) is 16.8. The van der Waals surface area contributed by atoms with Crippen molar-refractivity contribution in [3.63, 3.8) is 0 Å². The molecule has 0 amide bonds. The fourth-order valence-corrected chi connectivity index (χ4v) is 4.93. The fourth-order valence-electron chi connectivity index (χ4n) is 4.08. The van der Waals surface area contributed by atoms with Gasteiger partial charge in [0.25, 0.3) is 0 Å². The van der Waals surface area contributed by atoms with Gasteiger partial charge in [-0.3, -0.25) is 9.88 Å². The molecule has 4 aromatic rings. The Hall–Kier alpha value is -2.87. The van der Waals surface area contributed by atoms with E-state index < -0.39 is 0 Å². The standard InChI is InChI=1S/C24H25N5OS/c1-28(17-21(22-9-5-15-31-22)29-11-13-30-14-12-29)24-19-7-2-3-8-20(19)26-23(27-24)18-6-4-10-25-16-18/h2-10,15-16,21H,11-14,17H2,1H3. The summed E-state index contributed by atoms with van der Waals surface area (Å²) in [5, 5.41) is 3.22. The maximum atomic E-state index is 5.60. The second-order valence-corrected chi connectivity index (χ2v) is 8.67. The average Bonchev–Trinajstić information content (AvgIpc) is 3.37. The van der Waals surface area contributed by atoms with Gasteiger partial charge in [0.05, 0.1) is 24.8 Å². The van der Waals surface area contributed by atoms with E-state index in [1.165, 1.54) is 4.88 Å². The van der Waals surface area contributed by atoms with E-state index in [0.717, 1.165) is 55.1 Å². The predicted molar refractivity (Wildman–Crippen MR) is 125 cm³/mol. The minimum Gasteiger partial charge on any atom is -0.379 e. The van der Waals surface area contributed by atoms with Crippen LogP contribution in [0.3, 0.4) is 0 Å². The smallest absolute Gasteiger partial charge is 0.163 e. The summed E-state index contributed by atoms with van der Waals surface area (Å²) in [4.78, 5) is 20.2. The topological polar surface area (TPSA) is 54.4 Å². The van der Waals surface area contributed by atoms with Crippen molar-refractivity contribution >= 4 is 28.1 Å². The van der Waals surface area contributed by atoms with Crippen LogP contribution in [0.1, 0.15) is 10.9 Å². The first-order chi connectivity index (χ1) is 15.3. The summed E-state index contributed by atoms with van der Waals surface area (Å²) >= 11 is 1.82. The Morgan fingerprint density at radius 3 is 2.71 bits per heavy atom. The number of fused-ring (bicyclic) bond motifs is 1. The van der Waals surface area contributed by atoms with Gasteiger partial charge in [-0.1, -0.05) is 18.2 Å². The minimum absolute atomic E-state index is 0.296. The Balaban J connectivity index is 1.52. The number of anilines is 1. The number of rotatable bonds is 6. The van der Waals surface area contributed by atoms with Gasteiger partial charge in [-0.25, -0.2) is 9.97 Å². The van der Waals surface area contributed by atoms with Crippen molar-refractivity contribution in [1.82, 2.24) is 19.9 Å². The van der Waals surface area contributed by atoms with Crippen molar-refractivity contribution in [3.05, 3.63) is 71.2 Å². The highest BCUT2D eigenvalue weighted by atomic mass is 32.1. The number of hydrogen-bond acceptors (Lipinski definition) is 7. The molecule has 31 heavy (non-hydrogen) atoms. The summed E-state index contributed by atoms with van der Waals surface area (Å²) in [7, 11) is 2.13. The average molecular weight is 432 g/mol. The molecular formula is C24H25N5OS. The number of morpholine rings is 1. The molecule has 0 aliphatic carbocycles. The Kier molecular flexibility index (Phi) is 5.88. The van der Waals surface area contributed by atoms with E-state index in [-0.39, 0.29) is 0 Å². The third-order valence-electron chi connectivity index (χ3n) is 5.67. The van der Waals surface area contributed by atoms with Gasteiger partial charge in [0.15, 0.2) is 5.82 Å². The fraction of sp³-hybridized carbons (Fsp3) is 0.292. The summed E-state index contributed by atoms with van der Waals surface area (Å²) in [5.41, 5.74) is 1.86. The van der Waals surface area contributed by atoms with E-state index >= 15 is 0 Å². The quantitative estimate of drug-likeness (QED) is 0.455. The van der Waals surface area contributed by atoms with Gasteiger partial charge >= 0.3 is 0 Å². The summed E-state index contributed by atoms with van der Waals surface area (Å²) < 4.78 is 5.60. The first-order valence-electron chi connectivity index (χ1n) is 10.5. The molecule has 1 aliphatic heterocycles. The van der Waals surface area contributed by atoms with E-state index in [4.69, 9.17) is 14.7 Å². The summed E-state index contributed by atoms with van der Waals surface area (Å²) in [6.07, 6.45) is 3.58. The molecule has 4 heterocycles. The lowest BCUT2D eigenvalue weighted by atomic mass is 10.1. The molecule has 3 aromatic heterocycles. The molecule has 6 nitrogen and oxygen atoms in total. The molecular weight excluding hydrogens is 406 g/mol. The van der Waals surface area contributed by atoms with E-state index in [1.54, 1.807) is 6.20 Å². The number of hydrogen-bond donors (Lipinski definition) is 0. The van der Waals surface area contributed by atoms with Crippen LogP contribution in [-0.2, 0) is 4.74 Å². The monoisotopic (exact) mass is 431 g/mol. The Morgan fingerprint density at radius 2 is 1.94 bits per heavy atom. The summed E-state index contributed by atoms with van der Waals surface area (Å²) in [5.74, 6) is 1.65. The van der Waals surface area contributed by atoms with Crippen LogP contribution in [-0.4, -0.2) is 59.7 Å². The van der Waals surface area contributed by atoms with Gasteiger partial charge in [0.2, 0.25) is 0 Å². The lowest BCUT2D eigenvalue weighted by molar-refractivity contribution is 0.0183. The second kappa shape index (κ2) is 9.09. The molecule has 0 radical (unpaired) electrons. The highest BCUT2D eigenvalue weighted by Crippen LogP contribution is 2.31. The van der Waals surface area contributed by atoms with Gasteiger partial charge in [-0.2, -0.15) is 0 Å². The van der Waals surface area contributed by atoms with Crippen LogP contribution in [0.15, 0.2) is 66.3 Å². The zero-order chi connectivity index (χ0) is 21.0. The van der Waals surface area contributed by atoms with Crippen molar-refractivity contribution in [2.45, 2.75) is 6.04 Å². The van der Waals surface area contributed by atoms with Gasteiger partial charge in [0, 0.05) is 54.9 Å². The highest BCUT2D eigenvalue weighted by Gasteiger charge is 2.26. The molecule has 1 aliphatic rings. The van der Waals surface area contributed by atoms with Gasteiger partial charge in [0.1, 0.15) is 5.82 Å². The second-order valence-electron chi connectivity index (χ2n) is 7.69. The largest absolute Gasteiger partial charge is 0.379 e. The molecule has 1 aromatic carbocycles. The van der Waals surface area contributed by atoms with Crippen molar-refractivity contribution < 1.29 is 4.74 Å². The van der Waals surface area contributed by atoms with Crippen LogP contribution >= 0.6 is 11.3 Å². The van der Waals surface area contributed by atoms with E-state index in [2.05, 4.69) is 45.4 Å². The third kappa shape index (κ3) is 4.30. The van der Waals surface area contributed by atoms with Crippen LogP contribution < -0.4 is 4.90 Å². The molecule has 0 bridgehead atoms. The number of aromatic nitrogens is 3. The Morgan fingerprint density at radius 1 is 1.06 bits per heavy atom. The minimum atomic E-state index is 0.296. The Labute approximate surface area is 186 Å². The van der Waals surface area contributed by atoms with E-state index in [1.807, 2.05) is 47.9 Å². The van der Waals surface area contributed by atoms with Gasteiger partial charge < -0.3 is 9.64 Å². The highest BCUT2D eigenvalue weighted by molar-refractivity contribution is 7.10. The van der Waals surface area contributed by atoms with E-state index in [0.29, 0.717) is 11.9 Å². The molecule has 158 valence electrons. The first-order valence-corrected chi connectivity index (χ1v) is 11.4. The molecule has 0 spiro atoms. The summed E-state index contributed by atoms with van der Waals surface area (Å²) in [6.45, 7) is 4.30. The van der Waals surface area contributed by atoms with Gasteiger partial charge in [-0.05, 0) is 35.7 Å².